The fourth-order valence-electron chi connectivity index (χ4n) is 8.45. The van der Waals surface area contributed by atoms with Crippen molar-refractivity contribution in [1.82, 2.24) is 9.80 Å². The van der Waals surface area contributed by atoms with Gasteiger partial charge in [0.25, 0.3) is 0 Å². The van der Waals surface area contributed by atoms with Gasteiger partial charge in [0.15, 0.2) is 0 Å². The van der Waals surface area contributed by atoms with E-state index in [1.807, 2.05) is 12.1 Å². The number of nitrogens with zero attached hydrogens (tertiary/aromatic N) is 2. The summed E-state index contributed by atoms with van der Waals surface area (Å²) < 4.78 is 40.7. The normalized spacial score (nSPS) is 38.7. The van der Waals surface area contributed by atoms with E-state index in [1.165, 1.54) is 11.1 Å². The predicted molar refractivity (Wildman–Crippen MR) is 111 cm³/mol. The van der Waals surface area contributed by atoms with Crippen molar-refractivity contribution in [2.45, 2.75) is 75.0 Å². The Labute approximate surface area is 177 Å². The number of phenolic OH excluding ortho intramolecular Hbond substituents is 1. The van der Waals surface area contributed by atoms with Gasteiger partial charge in [0, 0.05) is 17.5 Å². The van der Waals surface area contributed by atoms with Crippen molar-refractivity contribution in [2.24, 2.45) is 11.3 Å². The van der Waals surface area contributed by atoms with E-state index in [9.17, 15) is 18.3 Å². The van der Waals surface area contributed by atoms with Gasteiger partial charge in [-0.15, -0.1) is 0 Å². The molecule has 6 heteroatoms. The highest BCUT2D eigenvalue weighted by molar-refractivity contribution is 5.47. The van der Waals surface area contributed by atoms with Crippen LogP contribution in [0.25, 0.3) is 0 Å². The minimum absolute atomic E-state index is 0.0377. The Balaban J connectivity index is 1.72. The average Bonchev–Trinajstić information content (AvgIpc) is 2.80. The molecule has 1 heterocycles. The lowest BCUT2D eigenvalue weighted by atomic mass is 9.49. The van der Waals surface area contributed by atoms with Crippen molar-refractivity contribution in [2.75, 3.05) is 27.2 Å². The molecule has 1 N–H and O–H groups in total. The summed E-state index contributed by atoms with van der Waals surface area (Å²) in [5.74, 6) is 0.729. The Hall–Kier alpha value is -1.27. The molecule has 1 aromatic rings. The van der Waals surface area contributed by atoms with E-state index in [-0.39, 0.29) is 16.9 Å². The van der Waals surface area contributed by atoms with Gasteiger partial charge < -0.3 is 10.0 Å². The molecule has 0 aromatic heterocycles. The molecule has 2 saturated carbocycles. The van der Waals surface area contributed by atoms with Gasteiger partial charge in [-0.3, -0.25) is 4.90 Å². The Kier molecular flexibility index (Phi) is 4.72. The van der Waals surface area contributed by atoms with Crippen molar-refractivity contribution in [1.29, 1.82) is 0 Å². The number of rotatable bonds is 2. The maximum Gasteiger partial charge on any atom is 0.401 e. The van der Waals surface area contributed by atoms with Gasteiger partial charge in [-0.05, 0) is 107 Å². The first-order valence-electron chi connectivity index (χ1n) is 11.5. The molecule has 1 saturated heterocycles. The second-order valence-electron chi connectivity index (χ2n) is 10.4. The molecule has 0 amide bonds. The molecule has 5 rings (SSSR count). The van der Waals surface area contributed by atoms with Gasteiger partial charge in [-0.1, -0.05) is 6.07 Å². The molecule has 5 atom stereocenters. The summed E-state index contributed by atoms with van der Waals surface area (Å²) in [4.78, 5) is 4.14. The van der Waals surface area contributed by atoms with Crippen LogP contribution in [-0.4, -0.2) is 60.4 Å². The van der Waals surface area contributed by atoms with E-state index in [0.717, 1.165) is 51.4 Å². The fourth-order valence-corrected chi connectivity index (χ4v) is 8.45. The quantitative estimate of drug-likeness (QED) is 0.747. The van der Waals surface area contributed by atoms with Crippen LogP contribution in [0.3, 0.4) is 0 Å². The van der Waals surface area contributed by atoms with Crippen LogP contribution in [0.2, 0.25) is 0 Å². The van der Waals surface area contributed by atoms with Gasteiger partial charge in [0.1, 0.15) is 5.75 Å². The largest absolute Gasteiger partial charge is 0.508 e. The number of hydrogen-bond acceptors (Lipinski definition) is 3. The maximum absolute atomic E-state index is 13.6. The highest BCUT2D eigenvalue weighted by atomic mass is 19.4. The summed E-state index contributed by atoms with van der Waals surface area (Å²) in [7, 11) is 4.30. The third-order valence-corrected chi connectivity index (χ3v) is 9.18. The third kappa shape index (κ3) is 2.78. The number of hydrogen-bond donors (Lipinski definition) is 1. The number of aromatic hydroxyl groups is 1. The first-order valence-corrected chi connectivity index (χ1v) is 11.5. The molecule has 3 nitrogen and oxygen atoms in total. The van der Waals surface area contributed by atoms with Crippen LogP contribution < -0.4 is 0 Å². The van der Waals surface area contributed by atoms with E-state index >= 15 is 0 Å². The lowest BCUT2D eigenvalue weighted by molar-refractivity contribution is -0.160. The summed E-state index contributed by atoms with van der Waals surface area (Å²) in [5.41, 5.74) is 2.26. The molecule has 0 spiro atoms. The minimum Gasteiger partial charge on any atom is -0.508 e. The number of alkyl halides is 3. The van der Waals surface area contributed by atoms with Crippen molar-refractivity contribution >= 4 is 0 Å². The molecule has 0 radical (unpaired) electrons. The zero-order valence-corrected chi connectivity index (χ0v) is 18.0. The fraction of sp³-hybridized carbons (Fsp3) is 0.750. The molecule has 3 fully saturated rings. The van der Waals surface area contributed by atoms with Gasteiger partial charge in [-0.2, -0.15) is 13.2 Å². The van der Waals surface area contributed by atoms with Gasteiger partial charge in [-0.25, -0.2) is 0 Å². The van der Waals surface area contributed by atoms with Crippen LogP contribution in [0.1, 0.15) is 56.1 Å². The van der Waals surface area contributed by atoms with Crippen molar-refractivity contribution in [3.8, 4) is 5.75 Å². The second kappa shape index (κ2) is 6.86. The van der Waals surface area contributed by atoms with Crippen LogP contribution in [-0.2, 0) is 11.8 Å². The zero-order chi connectivity index (χ0) is 21.3. The van der Waals surface area contributed by atoms with Crippen molar-refractivity contribution in [3.05, 3.63) is 29.3 Å². The predicted octanol–water partition coefficient (Wildman–Crippen LogP) is 4.72. The minimum atomic E-state index is -4.17. The first kappa shape index (κ1) is 20.6. The highest BCUT2D eigenvalue weighted by Gasteiger charge is 2.69. The standard InChI is InChI=1S/C24H33F3N2O/c1-28(2)20-9-12-22-11-8-18(20)23(22)10-3-13-29(15-24(25,26)27)21(22)7-5-16-4-6-17(30)14-19(16)23/h4,6,14,18,20-21,30H,3,5,7-13,15H2,1-2H3. The van der Waals surface area contributed by atoms with E-state index in [0.29, 0.717) is 24.3 Å². The average molecular weight is 423 g/mol. The monoisotopic (exact) mass is 422 g/mol. The van der Waals surface area contributed by atoms with Crippen molar-refractivity contribution in [3.63, 3.8) is 0 Å². The number of likely N-dealkylation sites (tertiary alicyclic amines) is 1. The van der Waals surface area contributed by atoms with E-state index in [2.05, 4.69) is 19.0 Å². The van der Waals surface area contributed by atoms with E-state index in [4.69, 9.17) is 0 Å². The Bertz CT molecular complexity index is 825. The SMILES string of the molecule is CN(C)C1CCC23CCC1C21CCCN(CC(F)(F)F)C3CCc2ccc(O)cc21. The Morgan fingerprint density at radius 2 is 1.90 bits per heavy atom. The van der Waals surface area contributed by atoms with Gasteiger partial charge in [0.05, 0.1) is 6.54 Å². The van der Waals surface area contributed by atoms with Crippen LogP contribution in [0.4, 0.5) is 13.2 Å². The lowest BCUT2D eigenvalue weighted by Crippen LogP contribution is -2.61. The molecule has 3 aliphatic carbocycles. The molecule has 30 heavy (non-hydrogen) atoms. The maximum atomic E-state index is 13.6. The number of phenols is 1. The summed E-state index contributed by atoms with van der Waals surface area (Å²) in [6, 6.07) is 6.18. The molecule has 1 aromatic carbocycles. The topological polar surface area (TPSA) is 26.7 Å². The summed E-state index contributed by atoms with van der Waals surface area (Å²) in [6.45, 7) is -0.264. The zero-order valence-electron chi connectivity index (χ0n) is 18.0. The molecule has 4 bridgehead atoms. The van der Waals surface area contributed by atoms with Crippen LogP contribution in [0.5, 0.6) is 5.75 Å². The lowest BCUT2D eigenvalue weighted by Gasteiger charge is -2.58. The number of halogens is 3. The second-order valence-corrected chi connectivity index (χ2v) is 10.4. The first-order chi connectivity index (χ1) is 14.2. The number of aryl methyl sites for hydroxylation is 1. The Morgan fingerprint density at radius 1 is 1.13 bits per heavy atom. The highest BCUT2D eigenvalue weighted by Crippen LogP contribution is 2.71. The molecular weight excluding hydrogens is 389 g/mol. The van der Waals surface area contributed by atoms with Gasteiger partial charge >= 0.3 is 6.18 Å². The van der Waals surface area contributed by atoms with Crippen molar-refractivity contribution < 1.29 is 18.3 Å². The number of fused-ring (bicyclic) bond motifs is 1. The number of benzene rings is 1. The summed E-state index contributed by atoms with van der Waals surface area (Å²) >= 11 is 0. The van der Waals surface area contributed by atoms with Crippen LogP contribution >= 0.6 is 0 Å². The Morgan fingerprint density at radius 3 is 2.63 bits per heavy atom. The molecule has 5 unspecified atom stereocenters. The third-order valence-electron chi connectivity index (χ3n) is 9.18. The van der Waals surface area contributed by atoms with Crippen LogP contribution in [0, 0.1) is 11.3 Å². The van der Waals surface area contributed by atoms with Crippen LogP contribution in [0.15, 0.2) is 18.2 Å². The molecule has 1 aliphatic heterocycles. The molecule has 166 valence electrons. The summed E-state index contributed by atoms with van der Waals surface area (Å²) in [6.07, 6.45) is 3.28. The van der Waals surface area contributed by atoms with Gasteiger partial charge in [0.2, 0.25) is 0 Å². The molecule has 4 aliphatic rings. The molecular formula is C24H33F3N2O. The smallest absolute Gasteiger partial charge is 0.401 e. The van der Waals surface area contributed by atoms with E-state index < -0.39 is 12.7 Å². The summed E-state index contributed by atoms with van der Waals surface area (Å²) in [5, 5.41) is 10.4. The van der Waals surface area contributed by atoms with E-state index in [1.54, 1.807) is 11.0 Å².